The fourth-order valence-corrected chi connectivity index (χ4v) is 2.56. The van der Waals surface area contributed by atoms with Crippen LogP contribution >= 0.6 is 0 Å². The lowest BCUT2D eigenvalue weighted by molar-refractivity contribution is -0.702. The third-order valence-electron chi connectivity index (χ3n) is 3.59. The molecule has 1 aliphatic rings. The van der Waals surface area contributed by atoms with Gasteiger partial charge < -0.3 is 14.4 Å². The van der Waals surface area contributed by atoms with Crippen LogP contribution in [0.2, 0.25) is 0 Å². The van der Waals surface area contributed by atoms with E-state index in [1.165, 1.54) is 10.6 Å². The SMILES string of the molecule is CCOC(=O)C1=CC(C(=O)OCC)[n+]2cccc(N(C)C)c2C1=O. The number of esters is 2. The number of hydrogen-bond acceptors (Lipinski definition) is 6. The molecule has 2 rings (SSSR count). The average Bonchev–Trinajstić information content (AvgIpc) is 2.54. The lowest BCUT2D eigenvalue weighted by atomic mass is 9.98. The van der Waals surface area contributed by atoms with Gasteiger partial charge in [0.25, 0.3) is 17.5 Å². The molecule has 7 heteroatoms. The number of carbonyl (C=O) groups is 3. The zero-order valence-electron chi connectivity index (χ0n) is 14.2. The summed E-state index contributed by atoms with van der Waals surface area (Å²) in [5.74, 6) is -1.75. The molecular formula is C17H21N2O5+. The van der Waals surface area contributed by atoms with E-state index in [4.69, 9.17) is 9.47 Å². The number of anilines is 1. The topological polar surface area (TPSA) is 76.8 Å². The van der Waals surface area contributed by atoms with Crippen LogP contribution in [-0.4, -0.2) is 45.0 Å². The zero-order chi connectivity index (χ0) is 17.9. The van der Waals surface area contributed by atoms with Crippen molar-refractivity contribution >= 4 is 23.4 Å². The molecule has 0 bridgehead atoms. The van der Waals surface area contributed by atoms with Crippen LogP contribution in [0.15, 0.2) is 30.0 Å². The van der Waals surface area contributed by atoms with Crippen LogP contribution in [0, 0.1) is 0 Å². The Balaban J connectivity index is 2.63. The summed E-state index contributed by atoms with van der Waals surface area (Å²) in [5.41, 5.74) is 0.710. The highest BCUT2D eigenvalue weighted by atomic mass is 16.5. The monoisotopic (exact) mass is 333 g/mol. The maximum Gasteiger partial charge on any atom is 0.380 e. The molecular weight excluding hydrogens is 312 g/mol. The number of ether oxygens (including phenoxy) is 2. The van der Waals surface area contributed by atoms with E-state index in [0.717, 1.165) is 0 Å². The first-order chi connectivity index (χ1) is 11.4. The first-order valence-corrected chi connectivity index (χ1v) is 7.74. The molecule has 1 aromatic heterocycles. The summed E-state index contributed by atoms with van der Waals surface area (Å²) in [6.45, 7) is 3.70. The lowest BCUT2D eigenvalue weighted by Crippen LogP contribution is -2.52. The van der Waals surface area contributed by atoms with Crippen molar-refractivity contribution < 1.29 is 28.4 Å². The Labute approximate surface area is 140 Å². The van der Waals surface area contributed by atoms with Crippen molar-refractivity contribution in [3.63, 3.8) is 0 Å². The van der Waals surface area contributed by atoms with Gasteiger partial charge in [0.2, 0.25) is 0 Å². The van der Waals surface area contributed by atoms with Crippen molar-refractivity contribution in [3.8, 4) is 0 Å². The van der Waals surface area contributed by atoms with Crippen LogP contribution in [0.4, 0.5) is 5.69 Å². The maximum absolute atomic E-state index is 12.8. The molecule has 24 heavy (non-hydrogen) atoms. The summed E-state index contributed by atoms with van der Waals surface area (Å²) < 4.78 is 11.6. The van der Waals surface area contributed by atoms with E-state index in [0.29, 0.717) is 5.69 Å². The molecule has 0 aromatic carbocycles. The number of aromatic nitrogens is 1. The van der Waals surface area contributed by atoms with E-state index < -0.39 is 23.8 Å². The van der Waals surface area contributed by atoms with Gasteiger partial charge in [-0.05, 0) is 19.9 Å². The van der Waals surface area contributed by atoms with Gasteiger partial charge in [0.15, 0.2) is 6.20 Å². The predicted octanol–water partition coefficient (Wildman–Crippen LogP) is 0.830. The minimum Gasteiger partial charge on any atom is -0.462 e. The maximum atomic E-state index is 12.8. The zero-order valence-corrected chi connectivity index (χ0v) is 14.2. The lowest BCUT2D eigenvalue weighted by Gasteiger charge is -2.21. The fraction of sp³-hybridized carbons (Fsp3) is 0.412. The molecule has 0 fully saturated rings. The molecule has 0 spiro atoms. The molecule has 7 nitrogen and oxygen atoms in total. The summed E-state index contributed by atoms with van der Waals surface area (Å²) in [6.07, 6.45) is 2.94. The van der Waals surface area contributed by atoms with Crippen LogP contribution in [-0.2, 0) is 19.1 Å². The van der Waals surface area contributed by atoms with E-state index in [-0.39, 0.29) is 24.5 Å². The van der Waals surface area contributed by atoms with Crippen LogP contribution in [0.5, 0.6) is 0 Å². The first-order valence-electron chi connectivity index (χ1n) is 7.74. The quantitative estimate of drug-likeness (QED) is 0.451. The Morgan fingerprint density at radius 3 is 2.46 bits per heavy atom. The number of nitrogens with zero attached hydrogens (tertiary/aromatic N) is 2. The first kappa shape index (κ1) is 17.7. The molecule has 0 amide bonds. The van der Waals surface area contributed by atoms with E-state index in [9.17, 15) is 14.4 Å². The largest absolute Gasteiger partial charge is 0.462 e. The van der Waals surface area contributed by atoms with E-state index in [1.807, 2.05) is 0 Å². The third kappa shape index (κ3) is 3.15. The summed E-state index contributed by atoms with van der Waals surface area (Å²) in [4.78, 5) is 39.0. The van der Waals surface area contributed by atoms with Gasteiger partial charge in [-0.25, -0.2) is 9.59 Å². The van der Waals surface area contributed by atoms with Gasteiger partial charge in [-0.2, -0.15) is 4.57 Å². The summed E-state index contributed by atoms with van der Waals surface area (Å²) in [5, 5.41) is 0. The molecule has 1 atom stereocenters. The second-order valence-electron chi connectivity index (χ2n) is 5.37. The molecule has 0 saturated carbocycles. The Hall–Kier alpha value is -2.70. The fourth-order valence-electron chi connectivity index (χ4n) is 2.56. The molecule has 0 aliphatic carbocycles. The van der Waals surface area contributed by atoms with Crippen molar-refractivity contribution in [1.82, 2.24) is 0 Å². The number of fused-ring (bicyclic) bond motifs is 1. The van der Waals surface area contributed by atoms with Gasteiger partial charge >= 0.3 is 11.9 Å². The van der Waals surface area contributed by atoms with Crippen LogP contribution < -0.4 is 9.47 Å². The number of Topliss-reactive ketones (excluding diaryl/α,β-unsaturated/α-hetero) is 1. The molecule has 128 valence electrons. The number of ketones is 1. The van der Waals surface area contributed by atoms with Gasteiger partial charge in [0.05, 0.1) is 13.2 Å². The highest BCUT2D eigenvalue weighted by Crippen LogP contribution is 2.25. The number of hydrogen-bond donors (Lipinski definition) is 0. The number of rotatable bonds is 5. The number of carbonyl (C=O) groups excluding carboxylic acids is 3. The number of pyridine rings is 1. The predicted molar refractivity (Wildman–Crippen MR) is 85.7 cm³/mol. The molecule has 0 radical (unpaired) electrons. The van der Waals surface area contributed by atoms with Crippen LogP contribution in [0.1, 0.15) is 30.4 Å². The van der Waals surface area contributed by atoms with Crippen molar-refractivity contribution in [2.24, 2.45) is 0 Å². The molecule has 0 N–H and O–H groups in total. The van der Waals surface area contributed by atoms with Gasteiger partial charge in [-0.3, -0.25) is 4.79 Å². The Morgan fingerprint density at radius 1 is 1.21 bits per heavy atom. The van der Waals surface area contributed by atoms with E-state index in [1.54, 1.807) is 51.2 Å². The average molecular weight is 333 g/mol. The Bertz CT molecular complexity index is 709. The molecule has 2 heterocycles. The minimum absolute atomic E-state index is 0.142. The minimum atomic E-state index is -0.892. The normalized spacial score (nSPS) is 16.1. The molecule has 0 saturated heterocycles. The van der Waals surface area contributed by atoms with Gasteiger partial charge in [0, 0.05) is 26.2 Å². The van der Waals surface area contributed by atoms with E-state index >= 15 is 0 Å². The Morgan fingerprint density at radius 2 is 1.88 bits per heavy atom. The van der Waals surface area contributed by atoms with Gasteiger partial charge in [-0.1, -0.05) is 0 Å². The van der Waals surface area contributed by atoms with Gasteiger partial charge in [-0.15, -0.1) is 0 Å². The Kier molecular flexibility index (Phi) is 5.33. The summed E-state index contributed by atoms with van der Waals surface area (Å²) in [6, 6.07) is 2.60. The van der Waals surface area contributed by atoms with Crippen molar-refractivity contribution in [2.75, 3.05) is 32.2 Å². The van der Waals surface area contributed by atoms with Gasteiger partial charge in [0.1, 0.15) is 11.3 Å². The van der Waals surface area contributed by atoms with Crippen LogP contribution in [0.25, 0.3) is 0 Å². The van der Waals surface area contributed by atoms with Crippen molar-refractivity contribution in [3.05, 3.63) is 35.7 Å². The highest BCUT2D eigenvalue weighted by Gasteiger charge is 2.43. The summed E-state index contributed by atoms with van der Waals surface area (Å²) in [7, 11) is 3.57. The highest BCUT2D eigenvalue weighted by molar-refractivity contribution is 6.25. The summed E-state index contributed by atoms with van der Waals surface area (Å²) >= 11 is 0. The standard InChI is InChI=1S/C17H21N2O5/c1-5-23-16(21)11-10-13(17(22)24-6-2)19-9-7-8-12(18(3)4)14(19)15(11)20/h7-10,13H,5-6H2,1-4H3/q+1. The second-order valence-corrected chi connectivity index (χ2v) is 5.37. The van der Waals surface area contributed by atoms with E-state index in [2.05, 4.69) is 0 Å². The second kappa shape index (κ2) is 7.25. The third-order valence-corrected chi connectivity index (χ3v) is 3.59. The molecule has 1 aromatic rings. The van der Waals surface area contributed by atoms with Crippen molar-refractivity contribution in [2.45, 2.75) is 19.9 Å². The van der Waals surface area contributed by atoms with Crippen molar-refractivity contribution in [1.29, 1.82) is 0 Å². The smallest absolute Gasteiger partial charge is 0.380 e. The molecule has 1 aliphatic heterocycles. The van der Waals surface area contributed by atoms with Crippen LogP contribution in [0.3, 0.4) is 0 Å². The molecule has 1 unspecified atom stereocenters.